The van der Waals surface area contributed by atoms with Crippen LogP contribution in [0.25, 0.3) is 0 Å². The molecule has 0 radical (unpaired) electrons. The first-order valence-electron chi connectivity index (χ1n) is 11.8. The van der Waals surface area contributed by atoms with Gasteiger partial charge >= 0.3 is 0 Å². The Kier molecular flexibility index (Phi) is 8.40. The number of hydrogen-bond acceptors (Lipinski definition) is 4. The normalized spacial score (nSPS) is 22.6. The number of nitrogens with one attached hydrogen (secondary N) is 1. The molecule has 2 bridgehead atoms. The number of quaternary nitrogens is 1. The van der Waals surface area contributed by atoms with Gasteiger partial charge in [-0.15, -0.1) is 11.3 Å². The van der Waals surface area contributed by atoms with Crippen LogP contribution in [0.5, 0.6) is 0 Å². The molecular formula is C27H27ClF2N2O2S2. The standard InChI is InChI=1S/C27H26F2N2O2S2.ClH/c28-21-6-1-4-19(14-21)26(20-5-2-7-22(29)15-20)33-27(34)30-23-16-31(11-9-18(23)10-12-31)17-24(32)25-8-3-13-35-25;/h1-8,13-15,18,23,26H,9-12,16-17H2;1H. The Balaban J connectivity index is 0.00000304. The van der Waals surface area contributed by atoms with Crippen molar-refractivity contribution in [2.75, 3.05) is 26.2 Å². The van der Waals surface area contributed by atoms with Crippen molar-refractivity contribution in [1.29, 1.82) is 0 Å². The molecule has 0 spiro atoms. The lowest BCUT2D eigenvalue weighted by Crippen LogP contribution is -3.00. The minimum atomic E-state index is -0.744. The second-order valence-electron chi connectivity index (χ2n) is 9.51. The lowest BCUT2D eigenvalue weighted by Gasteiger charge is -2.52. The molecule has 4 nitrogen and oxygen atoms in total. The zero-order chi connectivity index (χ0) is 24.4. The summed E-state index contributed by atoms with van der Waals surface area (Å²) in [6.07, 6.45) is 1.30. The molecule has 0 aliphatic carbocycles. The Labute approximate surface area is 225 Å². The van der Waals surface area contributed by atoms with Crippen LogP contribution < -0.4 is 17.7 Å². The number of hydrogen-bond donors (Lipinski definition) is 1. The fourth-order valence-electron chi connectivity index (χ4n) is 5.45. The third kappa shape index (κ3) is 5.94. The number of Topliss-reactive ketones (excluding diaryl/α,β-unsaturated/α-hetero) is 1. The van der Waals surface area contributed by atoms with Gasteiger partial charge in [-0.1, -0.05) is 30.3 Å². The Morgan fingerprint density at radius 1 is 1.06 bits per heavy atom. The van der Waals surface area contributed by atoms with E-state index < -0.39 is 17.7 Å². The van der Waals surface area contributed by atoms with E-state index in [4.69, 9.17) is 17.0 Å². The number of thiocarbonyl (C=S) groups is 1. The molecule has 9 heteroatoms. The van der Waals surface area contributed by atoms with Crippen molar-refractivity contribution in [3.8, 4) is 0 Å². The fourth-order valence-corrected chi connectivity index (χ4v) is 6.36. The van der Waals surface area contributed by atoms with E-state index in [9.17, 15) is 13.6 Å². The van der Waals surface area contributed by atoms with Gasteiger partial charge in [0.1, 0.15) is 18.2 Å². The molecule has 190 valence electrons. The molecule has 3 saturated heterocycles. The van der Waals surface area contributed by atoms with Crippen molar-refractivity contribution in [1.82, 2.24) is 5.32 Å². The number of carbonyl (C=O) groups excluding carboxylic acids is 1. The van der Waals surface area contributed by atoms with E-state index in [1.54, 1.807) is 24.3 Å². The maximum Gasteiger partial charge on any atom is 0.258 e. The molecule has 3 aliphatic heterocycles. The predicted molar refractivity (Wildman–Crippen MR) is 136 cm³/mol. The predicted octanol–water partition coefficient (Wildman–Crippen LogP) is 2.50. The van der Waals surface area contributed by atoms with E-state index in [-0.39, 0.29) is 29.4 Å². The van der Waals surface area contributed by atoms with Crippen LogP contribution in [-0.4, -0.2) is 47.7 Å². The quantitative estimate of drug-likeness (QED) is 0.280. The average Bonchev–Trinajstić information content (AvgIpc) is 3.38. The van der Waals surface area contributed by atoms with Crippen LogP contribution >= 0.6 is 23.6 Å². The minimum Gasteiger partial charge on any atom is -1.00 e. The summed E-state index contributed by atoms with van der Waals surface area (Å²) in [5.41, 5.74) is 1.11. The molecule has 6 rings (SSSR count). The third-order valence-electron chi connectivity index (χ3n) is 7.21. The number of benzene rings is 2. The van der Waals surface area contributed by atoms with Crippen LogP contribution in [0, 0.1) is 17.6 Å². The molecule has 4 heterocycles. The average molecular weight is 549 g/mol. The maximum absolute atomic E-state index is 14.0. The van der Waals surface area contributed by atoms with E-state index >= 15 is 0 Å². The third-order valence-corrected chi connectivity index (χ3v) is 8.33. The van der Waals surface area contributed by atoms with Crippen LogP contribution in [0.3, 0.4) is 0 Å². The summed E-state index contributed by atoms with van der Waals surface area (Å²) in [6.45, 7) is 3.27. The molecule has 1 aromatic heterocycles. The first kappa shape index (κ1) is 26.7. The highest BCUT2D eigenvalue weighted by Gasteiger charge is 2.47. The van der Waals surface area contributed by atoms with E-state index in [0.29, 0.717) is 23.6 Å². The molecule has 3 aromatic rings. The number of fused-ring (bicyclic) bond motifs is 3. The molecule has 36 heavy (non-hydrogen) atoms. The molecule has 0 saturated carbocycles. The van der Waals surface area contributed by atoms with E-state index in [1.165, 1.54) is 35.6 Å². The number of nitrogens with zero attached hydrogens (tertiary/aromatic N) is 1. The van der Waals surface area contributed by atoms with Crippen LogP contribution in [0.15, 0.2) is 66.0 Å². The van der Waals surface area contributed by atoms with Gasteiger partial charge in [-0.3, -0.25) is 4.79 Å². The number of halogens is 3. The van der Waals surface area contributed by atoms with Gasteiger partial charge in [0.25, 0.3) is 5.17 Å². The van der Waals surface area contributed by atoms with Gasteiger partial charge in [0.15, 0.2) is 6.10 Å². The lowest BCUT2D eigenvalue weighted by atomic mass is 9.81. The van der Waals surface area contributed by atoms with Crippen molar-refractivity contribution in [2.24, 2.45) is 5.92 Å². The van der Waals surface area contributed by atoms with E-state index in [1.807, 2.05) is 17.5 Å². The molecule has 2 aromatic carbocycles. The monoisotopic (exact) mass is 548 g/mol. The summed E-state index contributed by atoms with van der Waals surface area (Å²) in [5, 5.41) is 5.51. The molecule has 3 aliphatic rings. The summed E-state index contributed by atoms with van der Waals surface area (Å²) in [4.78, 5) is 13.7. The highest BCUT2D eigenvalue weighted by atomic mass is 35.5. The van der Waals surface area contributed by atoms with Crippen LogP contribution in [0.2, 0.25) is 0 Å². The van der Waals surface area contributed by atoms with E-state index in [2.05, 4.69) is 5.32 Å². The van der Waals surface area contributed by atoms with Gasteiger partial charge in [0.2, 0.25) is 5.78 Å². The van der Waals surface area contributed by atoms with Crippen LogP contribution in [0.1, 0.15) is 39.7 Å². The van der Waals surface area contributed by atoms with Crippen LogP contribution in [0.4, 0.5) is 8.78 Å². The van der Waals surface area contributed by atoms with Gasteiger partial charge in [-0.2, -0.15) is 0 Å². The Morgan fingerprint density at radius 2 is 1.69 bits per heavy atom. The number of ketones is 1. The van der Waals surface area contributed by atoms with Crippen molar-refractivity contribution in [2.45, 2.75) is 25.0 Å². The summed E-state index contributed by atoms with van der Waals surface area (Å²) in [7, 11) is 0. The van der Waals surface area contributed by atoms with E-state index in [0.717, 1.165) is 41.8 Å². The highest BCUT2D eigenvalue weighted by molar-refractivity contribution is 7.80. The molecule has 3 fully saturated rings. The molecule has 1 N–H and O–H groups in total. The zero-order valence-corrected chi connectivity index (χ0v) is 21.9. The van der Waals surface area contributed by atoms with Crippen molar-refractivity contribution >= 4 is 34.5 Å². The summed E-state index contributed by atoms with van der Waals surface area (Å²) in [6, 6.07) is 16.0. The first-order valence-corrected chi connectivity index (χ1v) is 13.1. The second kappa shape index (κ2) is 11.3. The van der Waals surface area contributed by atoms with Gasteiger partial charge in [0.05, 0.1) is 30.6 Å². The van der Waals surface area contributed by atoms with Gasteiger partial charge in [0, 0.05) is 12.8 Å². The number of piperidine rings is 3. The molecular weight excluding hydrogens is 522 g/mol. The molecule has 1 atom stereocenters. The zero-order valence-electron chi connectivity index (χ0n) is 19.5. The summed E-state index contributed by atoms with van der Waals surface area (Å²) >= 11 is 7.08. The smallest absolute Gasteiger partial charge is 0.258 e. The summed E-state index contributed by atoms with van der Waals surface area (Å²) < 4.78 is 34.8. The van der Waals surface area contributed by atoms with Crippen molar-refractivity contribution < 1.29 is 35.2 Å². The lowest BCUT2D eigenvalue weighted by molar-refractivity contribution is -0.936. The minimum absolute atomic E-state index is 0. The van der Waals surface area contributed by atoms with Crippen molar-refractivity contribution in [3.63, 3.8) is 0 Å². The highest BCUT2D eigenvalue weighted by Crippen LogP contribution is 2.35. The number of rotatable bonds is 7. The Hall–Kier alpha value is -2.39. The first-order chi connectivity index (χ1) is 16.9. The summed E-state index contributed by atoms with van der Waals surface area (Å²) in [5.74, 6) is -0.151. The Bertz CT molecular complexity index is 1170. The number of carbonyl (C=O) groups is 1. The van der Waals surface area contributed by atoms with Gasteiger partial charge < -0.3 is 26.9 Å². The Morgan fingerprint density at radius 3 is 2.25 bits per heavy atom. The fraction of sp³-hybridized carbons (Fsp3) is 0.333. The molecule has 1 unspecified atom stereocenters. The van der Waals surface area contributed by atoms with Gasteiger partial charge in [-0.25, -0.2) is 8.78 Å². The number of thiophene rings is 1. The second-order valence-corrected chi connectivity index (χ2v) is 10.8. The topological polar surface area (TPSA) is 38.3 Å². The maximum atomic E-state index is 14.0. The molecule has 0 amide bonds. The largest absolute Gasteiger partial charge is 1.00 e. The van der Waals surface area contributed by atoms with Crippen LogP contribution in [-0.2, 0) is 4.74 Å². The number of ether oxygens (including phenoxy) is 1. The van der Waals surface area contributed by atoms with Crippen molar-refractivity contribution in [3.05, 3.63) is 93.7 Å². The van der Waals surface area contributed by atoms with Gasteiger partial charge in [-0.05, 0) is 65.0 Å². The SMILES string of the molecule is O=C(C[N+]12CCC(CC1)C(NC(=S)OC(c1cccc(F)c1)c1cccc(F)c1)C2)c1cccs1.[Cl-].